The fourth-order valence-electron chi connectivity index (χ4n) is 8.65. The molecule has 30 heteroatoms. The molecule has 2 amide bonds. The lowest BCUT2D eigenvalue weighted by Gasteiger charge is -2.50. The van der Waals surface area contributed by atoms with Crippen molar-refractivity contribution < 1.29 is 129 Å². The highest BCUT2D eigenvalue weighted by Gasteiger charge is 2.60. The molecule has 0 spiro atoms. The normalized spacial score (nSPS) is 28.0. The summed E-state index contributed by atoms with van der Waals surface area (Å²) < 4.78 is 87.0. The lowest BCUT2D eigenvalue weighted by molar-refractivity contribution is -0.375. The summed E-state index contributed by atoms with van der Waals surface area (Å²) in [7, 11) is 0. The Hall–Kier alpha value is -6.60. The number of carbonyl (C=O) groups excluding carboxylic acids is 12. The summed E-state index contributed by atoms with van der Waals surface area (Å²) in [5.41, 5.74) is 5.51. The van der Waals surface area contributed by atoms with Gasteiger partial charge in [-0.2, -0.15) is 0 Å². The molecule has 0 aliphatic carbocycles. The van der Waals surface area contributed by atoms with Crippen LogP contribution in [0.15, 0.2) is 0 Å². The maximum atomic E-state index is 13.6. The van der Waals surface area contributed by atoms with E-state index in [1.165, 1.54) is 0 Å². The zero-order valence-electron chi connectivity index (χ0n) is 46.5. The molecule has 0 bridgehead atoms. The van der Waals surface area contributed by atoms with Gasteiger partial charge in [-0.1, -0.05) is 12.8 Å². The largest absolute Gasteiger partial charge is 0.463 e. The average molecular weight is 1150 g/mol. The Balaban J connectivity index is 2.20. The van der Waals surface area contributed by atoms with Crippen LogP contribution in [0.2, 0.25) is 0 Å². The molecule has 4 N–H and O–H groups in total. The van der Waals surface area contributed by atoms with Crippen molar-refractivity contribution in [2.24, 2.45) is 5.73 Å². The molecule has 80 heavy (non-hydrogen) atoms. The molecule has 0 saturated carbocycles. The molecule has 3 aliphatic heterocycles. The summed E-state index contributed by atoms with van der Waals surface area (Å²) in [5.74, 6) is -10.5. The Morgan fingerprint density at radius 1 is 0.362 bits per heavy atom. The predicted octanol–water partition coefficient (Wildman–Crippen LogP) is -0.545. The van der Waals surface area contributed by atoms with Gasteiger partial charge in [-0.25, -0.2) is 0 Å². The van der Waals surface area contributed by atoms with E-state index >= 15 is 0 Å². The zero-order chi connectivity index (χ0) is 59.8. The van der Waals surface area contributed by atoms with Gasteiger partial charge in [-0.15, -0.1) is 0 Å². The zero-order valence-corrected chi connectivity index (χ0v) is 46.5. The molecular formula is C50H75N3O27. The lowest BCUT2D eigenvalue weighted by atomic mass is 9.94. The van der Waals surface area contributed by atoms with Gasteiger partial charge in [0.1, 0.15) is 50.3 Å². The smallest absolute Gasteiger partial charge is 0.303 e. The van der Waals surface area contributed by atoms with Crippen LogP contribution >= 0.6 is 0 Å². The first-order chi connectivity index (χ1) is 37.7. The van der Waals surface area contributed by atoms with E-state index in [0.29, 0.717) is 45.2 Å². The van der Waals surface area contributed by atoms with E-state index in [-0.39, 0.29) is 12.3 Å². The van der Waals surface area contributed by atoms with Gasteiger partial charge in [-0.3, -0.25) is 57.5 Å². The predicted molar refractivity (Wildman–Crippen MR) is 262 cm³/mol. The van der Waals surface area contributed by atoms with Crippen LogP contribution in [0.4, 0.5) is 0 Å². The SMILES string of the molecule is CC(=O)OC[C@H]1O[C@@H](O[C@H]2[C@@H](OC(C)=O)[C@@H](COC(C)=O)O[C@@H](O[C@H]3[C@H](OC(C)=O)[C@@H](OC(C)=O)[C@H](NC(=O)CCCCCNC(=O)CCCCCN)O[C@@H]3COC(C)=O)[C@@H]2OC(C)=O)[C@H](OC(C)=O)[C@@H](OC(C)=O)[C@H]1OC(C)=O. The third-order valence-electron chi connectivity index (χ3n) is 11.7. The second-order valence-corrected chi connectivity index (χ2v) is 18.6. The van der Waals surface area contributed by atoms with Crippen LogP contribution < -0.4 is 16.4 Å². The Kier molecular flexibility index (Phi) is 28.6. The van der Waals surface area contributed by atoms with Gasteiger partial charge in [0, 0.05) is 88.6 Å². The number of amides is 2. The molecule has 0 aromatic carbocycles. The first-order valence-corrected chi connectivity index (χ1v) is 25.8. The molecule has 0 aromatic heterocycles. The molecule has 3 saturated heterocycles. The van der Waals surface area contributed by atoms with Crippen LogP contribution in [0.3, 0.4) is 0 Å². The highest BCUT2D eigenvalue weighted by atomic mass is 16.8. The van der Waals surface area contributed by atoms with E-state index in [1.54, 1.807) is 0 Å². The molecule has 0 radical (unpaired) electrons. The summed E-state index contributed by atoms with van der Waals surface area (Å²) in [4.78, 5) is 153. The topological polar surface area (TPSA) is 393 Å². The minimum Gasteiger partial charge on any atom is -0.463 e. The molecule has 0 aromatic rings. The molecule has 3 rings (SSSR count). The monoisotopic (exact) mass is 1150 g/mol. The first-order valence-electron chi connectivity index (χ1n) is 25.8. The van der Waals surface area contributed by atoms with Crippen LogP contribution in [0, 0.1) is 0 Å². The molecule has 0 unspecified atom stereocenters. The third-order valence-corrected chi connectivity index (χ3v) is 11.7. The van der Waals surface area contributed by atoms with Crippen LogP contribution in [0.25, 0.3) is 0 Å². The number of rotatable bonds is 29. The minimum atomic E-state index is -2.11. The van der Waals surface area contributed by atoms with E-state index in [1.807, 2.05) is 0 Å². The Morgan fingerprint density at radius 3 is 1.15 bits per heavy atom. The van der Waals surface area contributed by atoms with Crippen molar-refractivity contribution >= 4 is 71.5 Å². The van der Waals surface area contributed by atoms with Crippen LogP contribution in [-0.2, 0) is 129 Å². The van der Waals surface area contributed by atoms with Crippen molar-refractivity contribution in [2.75, 3.05) is 32.9 Å². The number of unbranched alkanes of at least 4 members (excludes halogenated alkanes) is 4. The number of ether oxygens (including phenoxy) is 15. The Labute approximate surface area is 461 Å². The molecule has 3 fully saturated rings. The number of nitrogens with one attached hydrogen (secondary N) is 2. The second kappa shape index (κ2) is 33.9. The van der Waals surface area contributed by atoms with Crippen LogP contribution in [0.5, 0.6) is 0 Å². The van der Waals surface area contributed by atoms with Crippen molar-refractivity contribution in [3.8, 4) is 0 Å². The quantitative estimate of drug-likeness (QED) is 0.0481. The van der Waals surface area contributed by atoms with Gasteiger partial charge in [0.15, 0.2) is 61.5 Å². The van der Waals surface area contributed by atoms with E-state index in [0.717, 1.165) is 82.1 Å². The number of esters is 10. The van der Waals surface area contributed by atoms with Crippen molar-refractivity contribution in [3.05, 3.63) is 0 Å². The Morgan fingerprint density at radius 2 is 0.713 bits per heavy atom. The summed E-state index contributed by atoms with van der Waals surface area (Å²) in [6.07, 6.45) is -23.6. The van der Waals surface area contributed by atoms with E-state index < -0.39 is 177 Å². The van der Waals surface area contributed by atoms with Crippen molar-refractivity contribution in [3.63, 3.8) is 0 Å². The maximum absolute atomic E-state index is 13.6. The van der Waals surface area contributed by atoms with Gasteiger partial charge in [0.05, 0.1) is 0 Å². The molecule has 30 nitrogen and oxygen atoms in total. The molecule has 452 valence electrons. The van der Waals surface area contributed by atoms with Crippen LogP contribution in [0.1, 0.15) is 121 Å². The average Bonchev–Trinajstić information content (AvgIpc) is 3.38. The summed E-state index contributed by atoms with van der Waals surface area (Å²) in [6, 6.07) is 0. The van der Waals surface area contributed by atoms with Gasteiger partial charge < -0.3 is 87.4 Å². The molecule has 3 aliphatic rings. The van der Waals surface area contributed by atoms with Crippen molar-refractivity contribution in [1.82, 2.24) is 10.6 Å². The highest BCUT2D eigenvalue weighted by molar-refractivity contribution is 5.77. The third kappa shape index (κ3) is 23.2. The fraction of sp³-hybridized carbons (Fsp3) is 0.760. The maximum Gasteiger partial charge on any atom is 0.303 e. The highest BCUT2D eigenvalue weighted by Crippen LogP contribution is 2.38. The van der Waals surface area contributed by atoms with E-state index in [2.05, 4.69) is 10.6 Å². The molecular weight excluding hydrogens is 1070 g/mol. The lowest BCUT2D eigenvalue weighted by Crippen LogP contribution is -2.70. The second-order valence-electron chi connectivity index (χ2n) is 18.6. The van der Waals surface area contributed by atoms with Gasteiger partial charge in [0.2, 0.25) is 11.8 Å². The first kappa shape index (κ1) is 67.7. The number of nitrogens with two attached hydrogens (primary N) is 1. The molecule has 15 atom stereocenters. The molecule has 3 heterocycles. The fourth-order valence-corrected chi connectivity index (χ4v) is 8.65. The standard InChI is InChI=1S/C50H75N3O27/c1-24(54)66-21-34-41(42(71-29(6)59)45(73-31(8)61)48(76-34)53-38(65)18-14-12-16-20-52-37(64)17-13-11-15-19-51)79-49-47(75-33(10)63)44(40(70-28(5)58)36(77-49)23-68-26(3)56)80-50-46(74-32(9)62)43(72-30(7)60)39(69-27(4)57)35(78-50)22-67-25(2)55/h34-36,39-50H,11-23,51H2,1-10H3,(H,52,64)(H,53,65)/t34-,35-,36-,39+,40+,41-,42+,43+,44+,45-,46-,47-,48-,49+,50+/m1/s1. The van der Waals surface area contributed by atoms with Crippen molar-refractivity contribution in [1.29, 1.82) is 0 Å². The van der Waals surface area contributed by atoms with E-state index in [9.17, 15) is 57.5 Å². The Bertz CT molecular complexity index is 2160. The van der Waals surface area contributed by atoms with Gasteiger partial charge >= 0.3 is 59.7 Å². The number of hydrogen-bond acceptors (Lipinski definition) is 28. The summed E-state index contributed by atoms with van der Waals surface area (Å²) >= 11 is 0. The summed E-state index contributed by atoms with van der Waals surface area (Å²) in [5, 5.41) is 5.44. The van der Waals surface area contributed by atoms with Gasteiger partial charge in [-0.05, 0) is 32.2 Å². The summed E-state index contributed by atoms with van der Waals surface area (Å²) in [6.45, 7) is 8.51. The number of carbonyl (C=O) groups is 12. The number of hydrogen-bond donors (Lipinski definition) is 3. The van der Waals surface area contributed by atoms with Crippen molar-refractivity contribution in [2.45, 2.75) is 213 Å². The minimum absolute atomic E-state index is 0.111. The van der Waals surface area contributed by atoms with Gasteiger partial charge in [0.25, 0.3) is 0 Å². The van der Waals surface area contributed by atoms with E-state index in [4.69, 9.17) is 76.8 Å². The van der Waals surface area contributed by atoms with Crippen LogP contribution in [-0.4, -0.2) is 196 Å².